The van der Waals surface area contributed by atoms with Crippen LogP contribution in [0.1, 0.15) is 17.7 Å². The van der Waals surface area contributed by atoms with Crippen LogP contribution < -0.4 is 10.1 Å². The summed E-state index contributed by atoms with van der Waals surface area (Å²) in [7, 11) is 0. The second-order valence-corrected chi connectivity index (χ2v) is 8.36. The third kappa shape index (κ3) is 6.40. The van der Waals surface area contributed by atoms with Gasteiger partial charge in [0.2, 0.25) is 5.91 Å². The standard InChI is InChI=1S/C25H29FN4O2/c26-22-7-4-8-24(12-22)32-17-20-11-21(25(31)28-10-9-23-13-27-18-29-23)16-30(15-20)14-19-5-2-1-3-6-19/h1-8,12-13,18,20-21H,9-11,14-17H2,(H,27,29)(H,28,31)/t20-,21+/m0/s1. The molecule has 1 aliphatic rings. The normalized spacial score (nSPS) is 18.9. The molecule has 2 aromatic carbocycles. The fourth-order valence-electron chi connectivity index (χ4n) is 4.24. The van der Waals surface area contributed by atoms with Crippen LogP contribution in [0.4, 0.5) is 4.39 Å². The van der Waals surface area contributed by atoms with E-state index in [0.29, 0.717) is 25.4 Å². The molecule has 168 valence electrons. The van der Waals surface area contributed by atoms with E-state index >= 15 is 0 Å². The molecule has 0 radical (unpaired) electrons. The second kappa shape index (κ2) is 10.9. The molecule has 3 aromatic rings. The molecular weight excluding hydrogens is 407 g/mol. The summed E-state index contributed by atoms with van der Waals surface area (Å²) in [4.78, 5) is 22.3. The number of benzene rings is 2. The third-order valence-electron chi connectivity index (χ3n) is 5.76. The van der Waals surface area contributed by atoms with Gasteiger partial charge >= 0.3 is 0 Å². The maximum atomic E-state index is 13.5. The molecule has 2 atom stereocenters. The molecule has 0 spiro atoms. The van der Waals surface area contributed by atoms with E-state index in [9.17, 15) is 9.18 Å². The average molecular weight is 437 g/mol. The molecule has 1 saturated heterocycles. The van der Waals surface area contributed by atoms with Gasteiger partial charge in [-0.2, -0.15) is 0 Å². The summed E-state index contributed by atoms with van der Waals surface area (Å²) in [5.74, 6) is 0.338. The molecule has 0 aliphatic carbocycles. The van der Waals surface area contributed by atoms with Crippen molar-refractivity contribution >= 4 is 5.91 Å². The van der Waals surface area contributed by atoms with Gasteiger partial charge in [-0.05, 0) is 24.1 Å². The topological polar surface area (TPSA) is 70.2 Å². The first kappa shape index (κ1) is 22.0. The summed E-state index contributed by atoms with van der Waals surface area (Å²) >= 11 is 0. The lowest BCUT2D eigenvalue weighted by atomic mass is 9.88. The minimum Gasteiger partial charge on any atom is -0.493 e. The van der Waals surface area contributed by atoms with E-state index in [0.717, 1.165) is 31.6 Å². The number of piperidine rings is 1. The van der Waals surface area contributed by atoms with Gasteiger partial charge in [0.05, 0.1) is 18.9 Å². The molecule has 7 heteroatoms. The number of amides is 1. The Morgan fingerprint density at radius 3 is 2.84 bits per heavy atom. The number of ether oxygens (including phenoxy) is 1. The number of halogens is 1. The largest absolute Gasteiger partial charge is 0.493 e. The number of nitrogens with one attached hydrogen (secondary N) is 2. The Kier molecular flexibility index (Phi) is 7.51. The fraction of sp³-hybridized carbons (Fsp3) is 0.360. The lowest BCUT2D eigenvalue weighted by Crippen LogP contribution is -2.47. The van der Waals surface area contributed by atoms with Crippen LogP contribution >= 0.6 is 0 Å². The Balaban J connectivity index is 1.37. The van der Waals surface area contributed by atoms with Gasteiger partial charge in [0, 0.05) is 56.5 Å². The van der Waals surface area contributed by atoms with E-state index in [1.165, 1.54) is 17.7 Å². The van der Waals surface area contributed by atoms with E-state index < -0.39 is 0 Å². The summed E-state index contributed by atoms with van der Waals surface area (Å²) in [6, 6.07) is 16.5. The van der Waals surface area contributed by atoms with E-state index in [-0.39, 0.29) is 23.6 Å². The van der Waals surface area contributed by atoms with Crippen molar-refractivity contribution in [2.24, 2.45) is 11.8 Å². The Morgan fingerprint density at radius 2 is 2.06 bits per heavy atom. The van der Waals surface area contributed by atoms with E-state index in [1.54, 1.807) is 24.7 Å². The Morgan fingerprint density at radius 1 is 1.19 bits per heavy atom. The van der Waals surface area contributed by atoms with Crippen LogP contribution in [0.3, 0.4) is 0 Å². The van der Waals surface area contributed by atoms with Gasteiger partial charge in [-0.1, -0.05) is 36.4 Å². The molecule has 6 nitrogen and oxygen atoms in total. The Bertz CT molecular complexity index is 981. The quantitative estimate of drug-likeness (QED) is 0.539. The number of hydrogen-bond donors (Lipinski definition) is 2. The summed E-state index contributed by atoms with van der Waals surface area (Å²) < 4.78 is 19.4. The molecule has 4 rings (SSSR count). The maximum Gasteiger partial charge on any atom is 0.224 e. The monoisotopic (exact) mass is 436 g/mol. The van der Waals surface area contributed by atoms with Crippen molar-refractivity contribution in [3.05, 3.63) is 84.2 Å². The van der Waals surface area contributed by atoms with Crippen molar-refractivity contribution in [1.29, 1.82) is 0 Å². The average Bonchev–Trinajstić information content (AvgIpc) is 3.32. The van der Waals surface area contributed by atoms with Crippen molar-refractivity contribution < 1.29 is 13.9 Å². The lowest BCUT2D eigenvalue weighted by molar-refractivity contribution is -0.127. The van der Waals surface area contributed by atoms with Crippen molar-refractivity contribution in [3.63, 3.8) is 0 Å². The van der Waals surface area contributed by atoms with Crippen molar-refractivity contribution in [2.75, 3.05) is 26.2 Å². The van der Waals surface area contributed by atoms with Crippen LogP contribution in [0.5, 0.6) is 5.75 Å². The summed E-state index contributed by atoms with van der Waals surface area (Å²) in [5.41, 5.74) is 2.22. The lowest BCUT2D eigenvalue weighted by Gasteiger charge is -2.37. The zero-order valence-electron chi connectivity index (χ0n) is 18.0. The number of aromatic nitrogens is 2. The number of hydrogen-bond acceptors (Lipinski definition) is 4. The van der Waals surface area contributed by atoms with Gasteiger partial charge in [0.15, 0.2) is 0 Å². The van der Waals surface area contributed by atoms with Crippen LogP contribution in [0.15, 0.2) is 67.1 Å². The smallest absolute Gasteiger partial charge is 0.224 e. The SMILES string of the molecule is O=C(NCCc1cnc[nH]1)[C@@H]1C[C@H](COc2cccc(F)c2)CN(Cc2ccccc2)C1. The van der Waals surface area contributed by atoms with Gasteiger partial charge in [-0.15, -0.1) is 0 Å². The molecule has 32 heavy (non-hydrogen) atoms. The van der Waals surface area contributed by atoms with Crippen LogP contribution in [-0.2, 0) is 17.8 Å². The Hall–Kier alpha value is -3.19. The summed E-state index contributed by atoms with van der Waals surface area (Å²) in [6.07, 6.45) is 4.88. The van der Waals surface area contributed by atoms with Crippen LogP contribution in [0.2, 0.25) is 0 Å². The fourth-order valence-corrected chi connectivity index (χ4v) is 4.24. The number of rotatable bonds is 9. The molecule has 1 amide bonds. The highest BCUT2D eigenvalue weighted by Gasteiger charge is 2.32. The molecule has 2 N–H and O–H groups in total. The van der Waals surface area contributed by atoms with E-state index in [2.05, 4.69) is 32.3 Å². The zero-order valence-corrected chi connectivity index (χ0v) is 18.0. The van der Waals surface area contributed by atoms with Crippen molar-refractivity contribution in [1.82, 2.24) is 20.2 Å². The van der Waals surface area contributed by atoms with Crippen LogP contribution in [0, 0.1) is 17.7 Å². The van der Waals surface area contributed by atoms with Crippen LogP contribution in [-0.4, -0.2) is 47.0 Å². The number of aromatic amines is 1. The molecular formula is C25H29FN4O2. The zero-order chi connectivity index (χ0) is 22.2. The molecule has 0 unspecified atom stereocenters. The number of H-pyrrole nitrogens is 1. The predicted octanol–water partition coefficient (Wildman–Crippen LogP) is 3.42. The highest BCUT2D eigenvalue weighted by atomic mass is 19.1. The predicted molar refractivity (Wildman–Crippen MR) is 121 cm³/mol. The van der Waals surface area contributed by atoms with Gasteiger partial charge in [0.1, 0.15) is 11.6 Å². The minimum absolute atomic E-state index is 0.0676. The molecule has 0 bridgehead atoms. The number of nitrogens with zero attached hydrogens (tertiary/aromatic N) is 2. The first-order valence-electron chi connectivity index (χ1n) is 11.1. The molecule has 0 saturated carbocycles. The van der Waals surface area contributed by atoms with Crippen molar-refractivity contribution in [2.45, 2.75) is 19.4 Å². The maximum absolute atomic E-state index is 13.5. The Labute approximate surface area is 187 Å². The first-order chi connectivity index (χ1) is 15.7. The van der Waals surface area contributed by atoms with Gasteiger partial charge in [0.25, 0.3) is 0 Å². The van der Waals surface area contributed by atoms with Gasteiger partial charge < -0.3 is 15.0 Å². The number of carbonyl (C=O) groups excluding carboxylic acids is 1. The molecule has 2 heterocycles. The van der Waals surface area contributed by atoms with E-state index in [4.69, 9.17) is 4.74 Å². The highest BCUT2D eigenvalue weighted by Crippen LogP contribution is 2.25. The van der Waals surface area contributed by atoms with E-state index in [1.807, 2.05) is 18.2 Å². The third-order valence-corrected chi connectivity index (χ3v) is 5.76. The van der Waals surface area contributed by atoms with Gasteiger partial charge in [-0.25, -0.2) is 9.37 Å². The minimum atomic E-state index is -0.314. The molecule has 1 aromatic heterocycles. The first-order valence-corrected chi connectivity index (χ1v) is 11.1. The number of likely N-dealkylation sites (tertiary alicyclic amines) is 1. The summed E-state index contributed by atoms with van der Waals surface area (Å²) in [5, 5.41) is 3.07. The highest BCUT2D eigenvalue weighted by molar-refractivity contribution is 5.79. The second-order valence-electron chi connectivity index (χ2n) is 8.36. The summed E-state index contributed by atoms with van der Waals surface area (Å²) in [6.45, 7) is 3.35. The number of imidazole rings is 1. The number of carbonyl (C=O) groups is 1. The van der Waals surface area contributed by atoms with Crippen LogP contribution in [0.25, 0.3) is 0 Å². The molecule has 1 fully saturated rings. The van der Waals surface area contributed by atoms with Crippen molar-refractivity contribution in [3.8, 4) is 5.75 Å². The van der Waals surface area contributed by atoms with Gasteiger partial charge in [-0.3, -0.25) is 9.69 Å². The molecule has 1 aliphatic heterocycles.